The first-order valence-corrected chi connectivity index (χ1v) is 9.88. The fourth-order valence-electron chi connectivity index (χ4n) is 3.72. The molecule has 1 aliphatic heterocycles. The van der Waals surface area contributed by atoms with Gasteiger partial charge in [-0.25, -0.2) is 4.98 Å². The number of carbonyl (C=O) groups excluding carboxylic acids is 1. The lowest BCUT2D eigenvalue weighted by molar-refractivity contribution is 0.0730. The normalized spacial score (nSPS) is 17.4. The van der Waals surface area contributed by atoms with Crippen molar-refractivity contribution in [2.45, 2.75) is 18.9 Å². The number of amides is 1. The van der Waals surface area contributed by atoms with Crippen LogP contribution >= 0.6 is 22.9 Å². The molecule has 4 aromatic rings. The molecule has 0 radical (unpaired) electrons. The number of carbonyl (C=O) groups is 1. The zero-order valence-corrected chi connectivity index (χ0v) is 15.5. The summed E-state index contributed by atoms with van der Waals surface area (Å²) < 4.78 is 1.20. The number of aromatic amines is 1. The quantitative estimate of drug-likeness (QED) is 0.504. The predicted octanol–water partition coefficient (Wildman–Crippen LogP) is 5.41. The van der Waals surface area contributed by atoms with Crippen molar-refractivity contribution in [3.63, 3.8) is 0 Å². The maximum absolute atomic E-state index is 13.1. The Balaban J connectivity index is 1.49. The number of thiophene rings is 1. The van der Waals surface area contributed by atoms with Crippen LogP contribution in [0.3, 0.4) is 0 Å². The van der Waals surface area contributed by atoms with E-state index in [1.807, 2.05) is 41.3 Å². The minimum absolute atomic E-state index is 0.0214. The second-order valence-electron chi connectivity index (χ2n) is 6.61. The van der Waals surface area contributed by atoms with Crippen molar-refractivity contribution in [1.29, 1.82) is 0 Å². The average Bonchev–Trinajstić information content (AvgIpc) is 3.37. The standard InChI is InChI=1S/C20H16ClN3OS/c21-14-4-5-15-16(11-14)23-19(22-15)17-2-1-8-24(17)20(25)13-3-6-18-12(10-13)7-9-26-18/h3-7,9-11,17H,1-2,8H2,(H,22,23)/t17-/m0/s1. The Labute approximate surface area is 159 Å². The largest absolute Gasteiger partial charge is 0.340 e. The highest BCUT2D eigenvalue weighted by Gasteiger charge is 2.32. The number of halogens is 1. The van der Waals surface area contributed by atoms with Gasteiger partial charge in [-0.15, -0.1) is 11.3 Å². The first kappa shape index (κ1) is 15.9. The summed E-state index contributed by atoms with van der Waals surface area (Å²) in [4.78, 5) is 23.1. The van der Waals surface area contributed by atoms with Gasteiger partial charge in [-0.1, -0.05) is 11.6 Å². The molecule has 3 heterocycles. The van der Waals surface area contributed by atoms with Gasteiger partial charge in [-0.05, 0) is 66.1 Å². The van der Waals surface area contributed by atoms with Gasteiger partial charge in [0.05, 0.1) is 17.1 Å². The predicted molar refractivity (Wildman–Crippen MR) is 106 cm³/mol. The van der Waals surface area contributed by atoms with Crippen LogP contribution in [0.2, 0.25) is 5.02 Å². The van der Waals surface area contributed by atoms with Crippen LogP contribution < -0.4 is 0 Å². The number of nitrogens with one attached hydrogen (secondary N) is 1. The molecular weight excluding hydrogens is 366 g/mol. The highest BCUT2D eigenvalue weighted by atomic mass is 35.5. The number of likely N-dealkylation sites (tertiary alicyclic amines) is 1. The molecule has 1 amide bonds. The van der Waals surface area contributed by atoms with E-state index in [0.717, 1.165) is 47.2 Å². The number of benzene rings is 2. The van der Waals surface area contributed by atoms with Crippen LogP contribution in [0, 0.1) is 0 Å². The maximum Gasteiger partial charge on any atom is 0.254 e. The Bertz CT molecular complexity index is 1130. The number of H-pyrrole nitrogens is 1. The van der Waals surface area contributed by atoms with Crippen LogP contribution in [0.5, 0.6) is 0 Å². The minimum Gasteiger partial charge on any atom is -0.340 e. The second-order valence-corrected chi connectivity index (χ2v) is 8.00. The molecule has 2 aromatic heterocycles. The van der Waals surface area contributed by atoms with Crippen molar-refractivity contribution >= 4 is 50.0 Å². The van der Waals surface area contributed by atoms with Crippen LogP contribution in [0.4, 0.5) is 0 Å². The fraction of sp³-hybridized carbons (Fsp3) is 0.200. The van der Waals surface area contributed by atoms with Gasteiger partial charge in [0.1, 0.15) is 5.82 Å². The highest BCUT2D eigenvalue weighted by molar-refractivity contribution is 7.17. The highest BCUT2D eigenvalue weighted by Crippen LogP contribution is 2.33. The van der Waals surface area contributed by atoms with Crippen molar-refractivity contribution in [3.05, 3.63) is 64.3 Å². The fourth-order valence-corrected chi connectivity index (χ4v) is 4.66. The van der Waals surface area contributed by atoms with E-state index in [0.29, 0.717) is 5.02 Å². The molecule has 0 spiro atoms. The van der Waals surface area contributed by atoms with E-state index in [2.05, 4.69) is 16.4 Å². The number of fused-ring (bicyclic) bond motifs is 2. The molecule has 5 rings (SSSR count). The van der Waals surface area contributed by atoms with Crippen molar-refractivity contribution in [3.8, 4) is 0 Å². The lowest BCUT2D eigenvalue weighted by Gasteiger charge is -2.23. The van der Waals surface area contributed by atoms with Crippen LogP contribution in [0.15, 0.2) is 47.8 Å². The summed E-state index contributed by atoms with van der Waals surface area (Å²) in [6.07, 6.45) is 1.90. The third-order valence-electron chi connectivity index (χ3n) is 4.99. The van der Waals surface area contributed by atoms with E-state index in [1.54, 1.807) is 11.3 Å². The first-order chi connectivity index (χ1) is 12.7. The summed E-state index contributed by atoms with van der Waals surface area (Å²) in [5, 5.41) is 3.85. The Morgan fingerprint density at radius 1 is 1.23 bits per heavy atom. The molecule has 0 bridgehead atoms. The molecule has 6 heteroatoms. The maximum atomic E-state index is 13.1. The third-order valence-corrected chi connectivity index (χ3v) is 6.12. The molecule has 1 saturated heterocycles. The van der Waals surface area contributed by atoms with Crippen molar-refractivity contribution in [1.82, 2.24) is 14.9 Å². The summed E-state index contributed by atoms with van der Waals surface area (Å²) in [7, 11) is 0. The lowest BCUT2D eigenvalue weighted by atomic mass is 10.1. The summed E-state index contributed by atoms with van der Waals surface area (Å²) in [5.74, 6) is 0.906. The topological polar surface area (TPSA) is 49.0 Å². The summed E-state index contributed by atoms with van der Waals surface area (Å²) in [6.45, 7) is 0.753. The van der Waals surface area contributed by atoms with Gasteiger partial charge >= 0.3 is 0 Å². The van der Waals surface area contributed by atoms with Gasteiger partial charge in [0.2, 0.25) is 0 Å². The van der Waals surface area contributed by atoms with Crippen LogP contribution in [-0.4, -0.2) is 27.3 Å². The molecular formula is C20H16ClN3OS. The molecule has 1 N–H and O–H groups in total. The van der Waals surface area contributed by atoms with E-state index in [1.165, 1.54) is 4.70 Å². The van der Waals surface area contributed by atoms with Gasteiger partial charge in [-0.2, -0.15) is 0 Å². The molecule has 0 unspecified atom stereocenters. The summed E-state index contributed by atoms with van der Waals surface area (Å²) in [6, 6.07) is 13.6. The molecule has 0 aliphatic carbocycles. The van der Waals surface area contributed by atoms with Crippen LogP contribution in [-0.2, 0) is 0 Å². The Morgan fingerprint density at radius 2 is 2.15 bits per heavy atom. The van der Waals surface area contributed by atoms with E-state index in [4.69, 9.17) is 16.6 Å². The van der Waals surface area contributed by atoms with E-state index in [9.17, 15) is 4.79 Å². The van der Waals surface area contributed by atoms with Crippen molar-refractivity contribution < 1.29 is 4.79 Å². The molecule has 4 nitrogen and oxygen atoms in total. The zero-order chi connectivity index (χ0) is 17.7. The Kier molecular flexibility index (Phi) is 3.72. The number of nitrogens with zero attached hydrogens (tertiary/aromatic N) is 2. The Hall–Kier alpha value is -2.37. The first-order valence-electron chi connectivity index (χ1n) is 8.62. The molecule has 130 valence electrons. The number of rotatable bonds is 2. The van der Waals surface area contributed by atoms with E-state index < -0.39 is 0 Å². The Morgan fingerprint density at radius 3 is 3.08 bits per heavy atom. The van der Waals surface area contributed by atoms with Crippen molar-refractivity contribution in [2.75, 3.05) is 6.54 Å². The molecule has 1 atom stereocenters. The second kappa shape index (κ2) is 6.11. The van der Waals surface area contributed by atoms with E-state index >= 15 is 0 Å². The van der Waals surface area contributed by atoms with Gasteiger partial charge in [0.25, 0.3) is 5.91 Å². The molecule has 1 fully saturated rings. The smallest absolute Gasteiger partial charge is 0.254 e. The lowest BCUT2D eigenvalue weighted by Crippen LogP contribution is -2.31. The van der Waals surface area contributed by atoms with Gasteiger partial charge in [0, 0.05) is 21.8 Å². The number of hydrogen-bond donors (Lipinski definition) is 1. The summed E-state index contributed by atoms with van der Waals surface area (Å²) >= 11 is 7.76. The summed E-state index contributed by atoms with van der Waals surface area (Å²) in [5.41, 5.74) is 2.52. The van der Waals surface area contributed by atoms with Gasteiger partial charge in [0.15, 0.2) is 0 Å². The van der Waals surface area contributed by atoms with Gasteiger partial charge in [-0.3, -0.25) is 4.79 Å². The van der Waals surface area contributed by atoms with Gasteiger partial charge < -0.3 is 9.88 Å². The molecule has 2 aromatic carbocycles. The molecule has 0 saturated carbocycles. The number of hydrogen-bond acceptors (Lipinski definition) is 3. The molecule has 26 heavy (non-hydrogen) atoms. The SMILES string of the molecule is O=C(c1ccc2sccc2c1)N1CCC[C@H]1c1nc2ccc(Cl)cc2[nH]1. The number of imidazole rings is 1. The monoisotopic (exact) mass is 381 g/mol. The van der Waals surface area contributed by atoms with Crippen LogP contribution in [0.1, 0.15) is 35.1 Å². The average molecular weight is 382 g/mol. The van der Waals surface area contributed by atoms with Crippen molar-refractivity contribution in [2.24, 2.45) is 0 Å². The molecule has 1 aliphatic rings. The third kappa shape index (κ3) is 2.59. The van der Waals surface area contributed by atoms with Crippen LogP contribution in [0.25, 0.3) is 21.1 Å². The zero-order valence-electron chi connectivity index (χ0n) is 13.9. The van der Waals surface area contributed by atoms with E-state index in [-0.39, 0.29) is 11.9 Å². The number of aromatic nitrogens is 2. The minimum atomic E-state index is -0.0214.